The van der Waals surface area contributed by atoms with Gasteiger partial charge in [-0.15, -0.1) is 0 Å². The Bertz CT molecular complexity index is 956. The Morgan fingerprint density at radius 2 is 1.68 bits per heavy atom. The fourth-order valence-corrected chi connectivity index (χ4v) is 3.34. The minimum Gasteiger partial charge on any atom is -0.390 e. The van der Waals surface area contributed by atoms with E-state index in [1.54, 1.807) is 0 Å². The number of aromatic nitrogens is 1. The van der Waals surface area contributed by atoms with Gasteiger partial charge in [0.1, 0.15) is 6.04 Å². The molecule has 0 aliphatic rings. The van der Waals surface area contributed by atoms with E-state index < -0.39 is 44.4 Å². The summed E-state index contributed by atoms with van der Waals surface area (Å²) in [4.78, 5) is 6.60. The van der Waals surface area contributed by atoms with Gasteiger partial charge >= 0.3 is 12.4 Å². The van der Waals surface area contributed by atoms with Crippen LogP contribution in [0, 0.1) is 0 Å². The van der Waals surface area contributed by atoms with Gasteiger partial charge in [0.15, 0.2) is 5.82 Å². The van der Waals surface area contributed by atoms with Gasteiger partial charge in [-0.05, 0) is 23.8 Å². The number of alkyl halides is 6. The maximum atomic E-state index is 13.4. The molecule has 0 spiro atoms. The van der Waals surface area contributed by atoms with Gasteiger partial charge < -0.3 is 5.73 Å². The highest BCUT2D eigenvalue weighted by Crippen LogP contribution is 2.36. The van der Waals surface area contributed by atoms with Crippen molar-refractivity contribution in [1.29, 1.82) is 0 Å². The van der Waals surface area contributed by atoms with E-state index in [9.17, 15) is 34.8 Å². The number of nitrogens with one attached hydrogen (secondary N) is 1. The van der Waals surface area contributed by atoms with Gasteiger partial charge in [-0.2, -0.15) is 31.1 Å². The third-order valence-electron chi connectivity index (χ3n) is 3.41. The van der Waals surface area contributed by atoms with Crippen molar-refractivity contribution in [3.8, 4) is 0 Å². The van der Waals surface area contributed by atoms with E-state index in [-0.39, 0.29) is 5.82 Å². The molecule has 13 heteroatoms. The van der Waals surface area contributed by atoms with E-state index in [1.165, 1.54) is 4.72 Å². The summed E-state index contributed by atoms with van der Waals surface area (Å²) in [6.07, 6.45) is -8.05. The Balaban J connectivity index is 2.41. The Morgan fingerprint density at radius 1 is 1.07 bits per heavy atom. The van der Waals surface area contributed by atoms with Crippen molar-refractivity contribution < 1.29 is 34.8 Å². The summed E-state index contributed by atoms with van der Waals surface area (Å²) >= 11 is 0. The molecule has 0 saturated heterocycles. The van der Waals surface area contributed by atoms with Gasteiger partial charge in [-0.25, -0.2) is 18.4 Å². The van der Waals surface area contributed by atoms with Crippen LogP contribution in [-0.2, 0) is 16.2 Å². The van der Waals surface area contributed by atoms with Gasteiger partial charge in [-0.3, -0.25) is 0 Å². The molecule has 6 nitrogen and oxygen atoms in total. The number of sulfonamides is 1. The van der Waals surface area contributed by atoms with Gasteiger partial charge in [-0.1, -0.05) is 12.1 Å². The Labute approximate surface area is 155 Å². The van der Waals surface area contributed by atoms with Crippen molar-refractivity contribution in [3.63, 3.8) is 0 Å². The third-order valence-corrected chi connectivity index (χ3v) is 4.83. The second-order valence-electron chi connectivity index (χ2n) is 5.34. The third kappa shape index (κ3) is 5.19. The fourth-order valence-electron chi connectivity index (χ4n) is 2.13. The number of hydrogen-bond acceptors (Lipinski definition) is 4. The SMILES string of the molecule is NC=Nc1cc(S(=O)(=O)N[C@H](c2ccc(C(F)(F)F)cc2)C(F)(F)F)ccn1. The molecule has 152 valence electrons. The summed E-state index contributed by atoms with van der Waals surface area (Å²) in [5.41, 5.74) is 3.17. The first-order valence-corrected chi connectivity index (χ1v) is 8.79. The van der Waals surface area contributed by atoms with E-state index in [0.717, 1.165) is 24.7 Å². The molecule has 0 radical (unpaired) electrons. The molecule has 2 rings (SSSR count). The summed E-state index contributed by atoms with van der Waals surface area (Å²) < 4.78 is 104. The van der Waals surface area contributed by atoms with Crippen LogP contribution in [0.4, 0.5) is 32.2 Å². The molecule has 28 heavy (non-hydrogen) atoms. The zero-order valence-electron chi connectivity index (χ0n) is 13.7. The highest BCUT2D eigenvalue weighted by atomic mass is 32.2. The summed E-state index contributed by atoms with van der Waals surface area (Å²) in [5, 5.41) is 0. The maximum absolute atomic E-state index is 13.4. The number of nitrogens with zero attached hydrogens (tertiary/aromatic N) is 2. The van der Waals surface area contributed by atoms with E-state index in [0.29, 0.717) is 24.3 Å². The highest BCUT2D eigenvalue weighted by Gasteiger charge is 2.44. The Kier molecular flexibility index (Phi) is 5.99. The van der Waals surface area contributed by atoms with Crippen molar-refractivity contribution in [2.24, 2.45) is 10.7 Å². The number of benzene rings is 1. The first-order valence-electron chi connectivity index (χ1n) is 7.31. The second-order valence-corrected chi connectivity index (χ2v) is 7.06. The molecule has 0 fully saturated rings. The fraction of sp³-hybridized carbons (Fsp3) is 0.200. The van der Waals surface area contributed by atoms with Crippen LogP contribution in [-0.4, -0.2) is 25.9 Å². The average molecular weight is 426 g/mol. The van der Waals surface area contributed by atoms with Crippen LogP contribution in [0.5, 0.6) is 0 Å². The maximum Gasteiger partial charge on any atom is 0.416 e. The Morgan fingerprint density at radius 3 is 2.18 bits per heavy atom. The van der Waals surface area contributed by atoms with E-state index in [2.05, 4.69) is 9.98 Å². The smallest absolute Gasteiger partial charge is 0.390 e. The van der Waals surface area contributed by atoms with E-state index in [4.69, 9.17) is 5.73 Å². The molecular formula is C15H12F6N4O2S. The lowest BCUT2D eigenvalue weighted by Crippen LogP contribution is -2.38. The summed E-state index contributed by atoms with van der Waals surface area (Å²) in [7, 11) is -4.72. The van der Waals surface area contributed by atoms with Crippen LogP contribution < -0.4 is 10.5 Å². The molecule has 0 aliphatic carbocycles. The van der Waals surface area contributed by atoms with Crippen LogP contribution in [0.25, 0.3) is 0 Å². The summed E-state index contributed by atoms with van der Waals surface area (Å²) in [6.45, 7) is 0. The molecule has 2 aromatic rings. The quantitative estimate of drug-likeness (QED) is 0.436. The molecule has 1 aromatic carbocycles. The topological polar surface area (TPSA) is 97.4 Å². The lowest BCUT2D eigenvalue weighted by atomic mass is 10.1. The molecular weight excluding hydrogens is 414 g/mol. The minimum atomic E-state index is -5.11. The van der Waals surface area contributed by atoms with Gasteiger partial charge in [0, 0.05) is 12.3 Å². The number of hydrogen-bond donors (Lipinski definition) is 2. The standard InChI is InChI=1S/C15H12F6N4O2S/c16-14(17,18)10-3-1-9(2-4-10)13(15(19,20)21)25-28(26,27)11-5-6-23-12(7-11)24-8-22/h1-8,13,25H,(H2,22,23,24)/t13-/m1/s1. The lowest BCUT2D eigenvalue weighted by molar-refractivity contribution is -0.153. The van der Waals surface area contributed by atoms with Crippen molar-refractivity contribution in [3.05, 3.63) is 53.7 Å². The molecule has 3 N–H and O–H groups in total. The van der Waals surface area contributed by atoms with E-state index >= 15 is 0 Å². The predicted molar refractivity (Wildman–Crippen MR) is 87.1 cm³/mol. The van der Waals surface area contributed by atoms with Gasteiger partial charge in [0.2, 0.25) is 10.0 Å². The number of rotatable bonds is 5. The van der Waals surface area contributed by atoms with Crippen LogP contribution in [0.1, 0.15) is 17.2 Å². The number of nitrogens with two attached hydrogens (primary N) is 1. The largest absolute Gasteiger partial charge is 0.416 e. The highest BCUT2D eigenvalue weighted by molar-refractivity contribution is 7.89. The summed E-state index contributed by atoms with van der Waals surface area (Å²) in [6, 6.07) is 1.02. The molecule has 0 aliphatic heterocycles. The minimum absolute atomic E-state index is 0.163. The van der Waals surface area contributed by atoms with Gasteiger partial charge in [0.25, 0.3) is 0 Å². The number of halogens is 6. The van der Waals surface area contributed by atoms with Crippen LogP contribution >= 0.6 is 0 Å². The van der Waals surface area contributed by atoms with Gasteiger partial charge in [0.05, 0.1) is 16.8 Å². The second kappa shape index (κ2) is 7.75. The first kappa shape index (κ1) is 21.6. The summed E-state index contributed by atoms with van der Waals surface area (Å²) in [5.74, 6) is -0.163. The molecule has 1 heterocycles. The Hall–Kier alpha value is -2.67. The molecule has 0 amide bonds. The number of aliphatic imine (C=N–C) groups is 1. The molecule has 1 atom stereocenters. The molecule has 0 saturated carbocycles. The predicted octanol–water partition coefficient (Wildman–Crippen LogP) is 3.30. The molecule has 0 bridgehead atoms. The van der Waals surface area contributed by atoms with Crippen molar-refractivity contribution in [2.45, 2.75) is 23.3 Å². The molecule has 0 unspecified atom stereocenters. The van der Waals surface area contributed by atoms with Crippen molar-refractivity contribution >= 4 is 22.2 Å². The average Bonchev–Trinajstić information content (AvgIpc) is 2.59. The lowest BCUT2D eigenvalue weighted by Gasteiger charge is -2.22. The van der Waals surface area contributed by atoms with Crippen LogP contribution in [0.2, 0.25) is 0 Å². The van der Waals surface area contributed by atoms with Crippen LogP contribution in [0.15, 0.2) is 52.5 Å². The monoisotopic (exact) mass is 426 g/mol. The van der Waals surface area contributed by atoms with Crippen molar-refractivity contribution in [1.82, 2.24) is 9.71 Å². The van der Waals surface area contributed by atoms with E-state index in [1.807, 2.05) is 0 Å². The normalized spacial score (nSPS) is 14.4. The number of pyridine rings is 1. The van der Waals surface area contributed by atoms with Crippen molar-refractivity contribution in [2.75, 3.05) is 0 Å². The zero-order chi connectivity index (χ0) is 21.2. The first-order chi connectivity index (χ1) is 12.8. The van der Waals surface area contributed by atoms with Crippen LogP contribution in [0.3, 0.4) is 0 Å². The zero-order valence-corrected chi connectivity index (χ0v) is 14.5. The molecule has 1 aromatic heterocycles.